The van der Waals surface area contributed by atoms with Gasteiger partial charge in [0.15, 0.2) is 23.3 Å². The first-order valence-electron chi connectivity index (χ1n) is 5.69. The molecule has 0 saturated heterocycles. The van der Waals surface area contributed by atoms with Crippen molar-refractivity contribution in [2.24, 2.45) is 5.84 Å². The van der Waals surface area contributed by atoms with Gasteiger partial charge in [-0.05, 0) is 17.7 Å². The molecular weight excluding hydrogens is 264 g/mol. The van der Waals surface area contributed by atoms with E-state index in [1.807, 2.05) is 11.5 Å². The summed E-state index contributed by atoms with van der Waals surface area (Å²) in [6.45, 7) is 0. The second-order valence-electron chi connectivity index (χ2n) is 3.95. The lowest BCUT2D eigenvalue weighted by Gasteiger charge is -2.09. The highest BCUT2D eigenvalue weighted by Crippen LogP contribution is 2.22. The van der Waals surface area contributed by atoms with Gasteiger partial charge in [-0.25, -0.2) is 19.6 Å². The second-order valence-corrected chi connectivity index (χ2v) is 3.95. The Morgan fingerprint density at radius 2 is 1.80 bits per heavy atom. The molecule has 0 aliphatic rings. The van der Waals surface area contributed by atoms with Crippen LogP contribution in [-0.2, 0) is 6.42 Å². The molecule has 1 aromatic heterocycles. The molecule has 1 aromatic carbocycles. The number of aromatic nitrogens is 1. The second kappa shape index (κ2) is 5.95. The standard InChI is InChI=1S/C13H11F2N5/c14-10-7-11(15)13(20-17)19-12(10)18-9-3-1-8(2-4-9)5-6-16/h1-4,7H,5,17H2,(H2,18,19,20). The highest BCUT2D eigenvalue weighted by Gasteiger charge is 2.11. The van der Waals surface area contributed by atoms with Crippen molar-refractivity contribution in [2.75, 3.05) is 10.7 Å². The molecule has 0 unspecified atom stereocenters. The summed E-state index contributed by atoms with van der Waals surface area (Å²) in [5.41, 5.74) is 3.45. The van der Waals surface area contributed by atoms with Crippen LogP contribution in [-0.4, -0.2) is 4.98 Å². The van der Waals surface area contributed by atoms with E-state index in [4.69, 9.17) is 11.1 Å². The molecule has 0 fully saturated rings. The highest BCUT2D eigenvalue weighted by atomic mass is 19.1. The quantitative estimate of drug-likeness (QED) is 0.589. The summed E-state index contributed by atoms with van der Waals surface area (Å²) >= 11 is 0. The highest BCUT2D eigenvalue weighted by molar-refractivity contribution is 5.59. The Balaban J connectivity index is 2.23. The summed E-state index contributed by atoms with van der Waals surface area (Å²) in [6, 6.07) is 9.53. The first-order valence-corrected chi connectivity index (χ1v) is 5.69. The number of halogens is 2. The molecule has 0 spiro atoms. The van der Waals surface area contributed by atoms with Gasteiger partial charge in [0.1, 0.15) is 0 Å². The van der Waals surface area contributed by atoms with E-state index in [0.29, 0.717) is 18.2 Å². The van der Waals surface area contributed by atoms with Gasteiger partial charge in [-0.1, -0.05) is 12.1 Å². The summed E-state index contributed by atoms with van der Waals surface area (Å²) in [4.78, 5) is 3.69. The van der Waals surface area contributed by atoms with Crippen molar-refractivity contribution in [1.82, 2.24) is 4.98 Å². The number of benzene rings is 1. The third-order valence-corrected chi connectivity index (χ3v) is 2.57. The first-order chi connectivity index (χ1) is 9.63. The van der Waals surface area contributed by atoms with Gasteiger partial charge in [-0.15, -0.1) is 0 Å². The van der Waals surface area contributed by atoms with Crippen molar-refractivity contribution in [1.29, 1.82) is 5.26 Å². The fourth-order valence-electron chi connectivity index (χ4n) is 1.59. The van der Waals surface area contributed by atoms with Crippen molar-refractivity contribution in [3.63, 3.8) is 0 Å². The lowest BCUT2D eigenvalue weighted by molar-refractivity contribution is 0.579. The molecule has 4 N–H and O–H groups in total. The number of rotatable bonds is 4. The molecule has 1 heterocycles. The van der Waals surface area contributed by atoms with Crippen LogP contribution < -0.4 is 16.6 Å². The monoisotopic (exact) mass is 275 g/mol. The number of hydrogen-bond acceptors (Lipinski definition) is 5. The third kappa shape index (κ3) is 2.99. The molecule has 5 nitrogen and oxygen atoms in total. The maximum absolute atomic E-state index is 13.6. The van der Waals surface area contributed by atoms with Crippen LogP contribution in [0.5, 0.6) is 0 Å². The fourth-order valence-corrected chi connectivity index (χ4v) is 1.59. The first kappa shape index (κ1) is 13.7. The predicted octanol–water partition coefficient (Wildman–Crippen LogP) is 2.46. The zero-order valence-corrected chi connectivity index (χ0v) is 10.3. The van der Waals surface area contributed by atoms with E-state index >= 15 is 0 Å². The van der Waals surface area contributed by atoms with Gasteiger partial charge < -0.3 is 10.7 Å². The number of nitrogens with two attached hydrogens (primary N) is 1. The van der Waals surface area contributed by atoms with Crippen molar-refractivity contribution < 1.29 is 8.78 Å². The number of nitriles is 1. The number of nitrogens with one attached hydrogen (secondary N) is 2. The maximum atomic E-state index is 13.6. The Bertz CT molecular complexity index is 649. The number of nitrogens with zero attached hydrogens (tertiary/aromatic N) is 2. The van der Waals surface area contributed by atoms with Gasteiger partial charge in [0.25, 0.3) is 0 Å². The minimum atomic E-state index is -0.875. The van der Waals surface area contributed by atoms with Crippen LogP contribution in [0, 0.1) is 23.0 Å². The molecule has 0 bridgehead atoms. The van der Waals surface area contributed by atoms with Gasteiger partial charge in [-0.2, -0.15) is 5.26 Å². The van der Waals surface area contributed by atoms with E-state index in [0.717, 1.165) is 5.56 Å². The van der Waals surface area contributed by atoms with E-state index in [-0.39, 0.29) is 11.6 Å². The molecule has 0 amide bonds. The topological polar surface area (TPSA) is 86.8 Å². The number of hydrogen-bond donors (Lipinski definition) is 3. The number of nitrogen functional groups attached to an aromatic ring is 1. The largest absolute Gasteiger partial charge is 0.338 e. The Labute approximate surface area is 114 Å². The maximum Gasteiger partial charge on any atom is 0.178 e. The Morgan fingerprint density at radius 3 is 2.40 bits per heavy atom. The SMILES string of the molecule is N#CCc1ccc(Nc2nc(NN)c(F)cc2F)cc1. The van der Waals surface area contributed by atoms with Crippen LogP contribution in [0.1, 0.15) is 5.56 Å². The molecule has 0 radical (unpaired) electrons. The minimum Gasteiger partial charge on any atom is -0.338 e. The van der Waals surface area contributed by atoms with Gasteiger partial charge in [0.05, 0.1) is 12.5 Å². The molecule has 20 heavy (non-hydrogen) atoms. The van der Waals surface area contributed by atoms with Crippen LogP contribution in [0.4, 0.5) is 26.1 Å². The Kier molecular flexibility index (Phi) is 4.08. The molecule has 0 saturated carbocycles. The number of anilines is 3. The van der Waals surface area contributed by atoms with Gasteiger partial charge in [0.2, 0.25) is 0 Å². The lowest BCUT2D eigenvalue weighted by atomic mass is 10.1. The number of hydrazine groups is 1. The van der Waals surface area contributed by atoms with Crippen molar-refractivity contribution in [2.45, 2.75) is 6.42 Å². The zero-order chi connectivity index (χ0) is 14.5. The van der Waals surface area contributed by atoms with Crippen LogP contribution in [0.3, 0.4) is 0 Å². The summed E-state index contributed by atoms with van der Waals surface area (Å²) in [6.07, 6.45) is 0.296. The Hall–Kier alpha value is -2.72. The van der Waals surface area contributed by atoms with Crippen LogP contribution in [0.2, 0.25) is 0 Å². The average Bonchev–Trinajstić information content (AvgIpc) is 2.44. The minimum absolute atomic E-state index is 0.146. The summed E-state index contributed by atoms with van der Waals surface area (Å²) < 4.78 is 26.8. The van der Waals surface area contributed by atoms with E-state index in [1.54, 1.807) is 24.3 Å². The van der Waals surface area contributed by atoms with Crippen molar-refractivity contribution in [3.8, 4) is 6.07 Å². The molecule has 7 heteroatoms. The molecular formula is C13H11F2N5. The average molecular weight is 275 g/mol. The van der Waals surface area contributed by atoms with E-state index < -0.39 is 11.6 Å². The third-order valence-electron chi connectivity index (χ3n) is 2.57. The summed E-state index contributed by atoms with van der Waals surface area (Å²) in [7, 11) is 0. The van der Waals surface area contributed by atoms with Gasteiger partial charge in [0, 0.05) is 11.8 Å². The van der Waals surface area contributed by atoms with Crippen LogP contribution in [0.25, 0.3) is 0 Å². The predicted molar refractivity (Wildman–Crippen MR) is 71.0 cm³/mol. The summed E-state index contributed by atoms with van der Waals surface area (Å²) in [5.74, 6) is 2.98. The van der Waals surface area contributed by atoms with Crippen LogP contribution in [0.15, 0.2) is 30.3 Å². The fraction of sp³-hybridized carbons (Fsp3) is 0.0769. The number of pyridine rings is 1. The molecule has 0 aliphatic heterocycles. The van der Waals surface area contributed by atoms with Crippen molar-refractivity contribution in [3.05, 3.63) is 47.5 Å². The lowest BCUT2D eigenvalue weighted by Crippen LogP contribution is -2.12. The smallest absolute Gasteiger partial charge is 0.178 e. The molecule has 102 valence electrons. The van der Waals surface area contributed by atoms with Crippen molar-refractivity contribution >= 4 is 17.3 Å². The van der Waals surface area contributed by atoms with E-state index in [2.05, 4.69) is 10.3 Å². The zero-order valence-electron chi connectivity index (χ0n) is 10.3. The molecule has 2 rings (SSSR count). The van der Waals surface area contributed by atoms with Gasteiger partial charge >= 0.3 is 0 Å². The Morgan fingerprint density at radius 1 is 1.15 bits per heavy atom. The normalized spacial score (nSPS) is 9.90. The molecule has 2 aromatic rings. The van der Waals surface area contributed by atoms with Gasteiger partial charge in [-0.3, -0.25) is 0 Å². The molecule has 0 aliphatic carbocycles. The summed E-state index contributed by atoms with van der Waals surface area (Å²) in [5, 5.41) is 11.3. The van der Waals surface area contributed by atoms with Crippen LogP contribution >= 0.6 is 0 Å². The van der Waals surface area contributed by atoms with E-state index in [9.17, 15) is 8.78 Å². The van der Waals surface area contributed by atoms with E-state index in [1.165, 1.54) is 0 Å². The molecule has 0 atom stereocenters.